The number of carbonyl (C=O) groups excluding carboxylic acids is 1. The van der Waals surface area contributed by atoms with Crippen molar-refractivity contribution in [1.82, 2.24) is 14.9 Å². The van der Waals surface area contributed by atoms with Gasteiger partial charge in [-0.1, -0.05) is 19.9 Å². The van der Waals surface area contributed by atoms with Crippen molar-refractivity contribution in [2.24, 2.45) is 0 Å². The molecule has 1 amide bonds. The van der Waals surface area contributed by atoms with Crippen molar-refractivity contribution in [2.45, 2.75) is 58.8 Å². The summed E-state index contributed by atoms with van der Waals surface area (Å²) in [6, 6.07) is 10.7. The van der Waals surface area contributed by atoms with Gasteiger partial charge in [-0.15, -0.1) is 0 Å². The molecule has 164 valence electrons. The van der Waals surface area contributed by atoms with Crippen LogP contribution in [-0.2, 0) is 4.79 Å². The minimum atomic E-state index is -2.92. The molecule has 4 nitrogen and oxygen atoms in total. The second-order valence-corrected chi connectivity index (χ2v) is 8.91. The van der Waals surface area contributed by atoms with E-state index in [2.05, 4.69) is 54.1 Å². The van der Waals surface area contributed by atoms with Crippen molar-refractivity contribution in [2.75, 3.05) is 13.1 Å². The molecule has 2 aromatic heterocycles. The number of amides is 1. The smallest absolute Gasteiger partial charge is 0.315 e. The molecule has 1 fully saturated rings. The highest BCUT2D eigenvalue weighted by Gasteiger charge is 2.29. The van der Waals surface area contributed by atoms with Crippen LogP contribution in [0.2, 0.25) is 0 Å². The largest absolute Gasteiger partial charge is 0.354 e. The molecule has 1 aliphatic heterocycles. The van der Waals surface area contributed by atoms with Crippen LogP contribution in [0.5, 0.6) is 0 Å². The average Bonchev–Trinajstić information content (AvgIpc) is 3.11. The standard InChI is InChI=1S/C25H29F2N3O/c1-14(2)22-20-13-18(17-7-9-30(10-8-17)25(31)24(26)27)5-6-21(20)29-23(22)19-11-15(3)28-16(4)12-19/h5-6,11-14,17,24,29H,7-10H2,1-4H3. The highest BCUT2D eigenvalue weighted by molar-refractivity contribution is 5.92. The van der Waals surface area contributed by atoms with Crippen LogP contribution >= 0.6 is 0 Å². The summed E-state index contributed by atoms with van der Waals surface area (Å²) in [6.07, 6.45) is -1.50. The number of likely N-dealkylation sites (tertiary alicyclic amines) is 1. The normalized spacial score (nSPS) is 15.4. The first-order valence-corrected chi connectivity index (χ1v) is 10.9. The third kappa shape index (κ3) is 4.21. The predicted octanol–water partition coefficient (Wildman–Crippen LogP) is 5.94. The van der Waals surface area contributed by atoms with E-state index in [0.717, 1.165) is 28.2 Å². The quantitative estimate of drug-likeness (QED) is 0.562. The minimum Gasteiger partial charge on any atom is -0.354 e. The molecule has 31 heavy (non-hydrogen) atoms. The Hall–Kier alpha value is -2.76. The molecular formula is C25H29F2N3O. The van der Waals surface area contributed by atoms with E-state index in [1.165, 1.54) is 21.4 Å². The summed E-state index contributed by atoms with van der Waals surface area (Å²) in [5, 5.41) is 1.21. The van der Waals surface area contributed by atoms with Gasteiger partial charge in [-0.3, -0.25) is 9.78 Å². The molecule has 1 aliphatic rings. The van der Waals surface area contributed by atoms with Gasteiger partial charge in [0.1, 0.15) is 0 Å². The van der Waals surface area contributed by atoms with Crippen molar-refractivity contribution >= 4 is 16.8 Å². The third-order valence-corrected chi connectivity index (χ3v) is 6.28. The SMILES string of the molecule is Cc1cc(-c2[nH]c3ccc(C4CCN(C(=O)C(F)F)CC4)cc3c2C(C)C)cc(C)n1. The fourth-order valence-electron chi connectivity index (χ4n) is 4.86. The highest BCUT2D eigenvalue weighted by Crippen LogP contribution is 2.38. The van der Waals surface area contributed by atoms with Gasteiger partial charge in [-0.2, -0.15) is 8.78 Å². The molecule has 3 aromatic rings. The van der Waals surface area contributed by atoms with Gasteiger partial charge in [0.2, 0.25) is 0 Å². The lowest BCUT2D eigenvalue weighted by molar-refractivity contribution is -0.143. The molecule has 1 N–H and O–H groups in total. The lowest BCUT2D eigenvalue weighted by Gasteiger charge is -2.32. The van der Waals surface area contributed by atoms with E-state index >= 15 is 0 Å². The van der Waals surface area contributed by atoms with Gasteiger partial charge in [0.05, 0.1) is 5.69 Å². The molecule has 0 bridgehead atoms. The number of nitrogens with zero attached hydrogens (tertiary/aromatic N) is 2. The van der Waals surface area contributed by atoms with Crippen molar-refractivity contribution in [1.29, 1.82) is 0 Å². The summed E-state index contributed by atoms with van der Waals surface area (Å²) in [4.78, 5) is 21.0. The number of nitrogens with one attached hydrogen (secondary N) is 1. The zero-order valence-electron chi connectivity index (χ0n) is 18.5. The first-order chi connectivity index (χ1) is 14.7. The zero-order chi connectivity index (χ0) is 22.3. The summed E-state index contributed by atoms with van der Waals surface area (Å²) in [7, 11) is 0. The molecule has 1 aromatic carbocycles. The number of benzene rings is 1. The van der Waals surface area contributed by atoms with Gasteiger partial charge in [0.15, 0.2) is 0 Å². The molecule has 1 saturated heterocycles. The molecular weight excluding hydrogens is 396 g/mol. The van der Waals surface area contributed by atoms with Gasteiger partial charge < -0.3 is 9.88 Å². The summed E-state index contributed by atoms with van der Waals surface area (Å²) in [5.41, 5.74) is 7.86. The maximum atomic E-state index is 12.7. The summed E-state index contributed by atoms with van der Waals surface area (Å²) in [5.74, 6) is -0.442. The van der Waals surface area contributed by atoms with Crippen LogP contribution in [0.3, 0.4) is 0 Å². The van der Waals surface area contributed by atoms with E-state index in [9.17, 15) is 13.6 Å². The lowest BCUT2D eigenvalue weighted by atomic mass is 9.87. The van der Waals surface area contributed by atoms with Gasteiger partial charge >= 0.3 is 6.43 Å². The number of piperidine rings is 1. The van der Waals surface area contributed by atoms with Crippen molar-refractivity contribution in [3.63, 3.8) is 0 Å². The second kappa shape index (κ2) is 8.40. The number of pyridine rings is 1. The van der Waals surface area contributed by atoms with E-state index in [1.54, 1.807) is 0 Å². The van der Waals surface area contributed by atoms with E-state index in [-0.39, 0.29) is 5.92 Å². The Bertz CT molecular complexity index is 1090. The second-order valence-electron chi connectivity index (χ2n) is 8.91. The Morgan fingerprint density at radius 1 is 1.10 bits per heavy atom. The van der Waals surface area contributed by atoms with Gasteiger partial charge in [0, 0.05) is 40.9 Å². The molecule has 0 atom stereocenters. The lowest BCUT2D eigenvalue weighted by Crippen LogP contribution is -2.41. The number of hydrogen-bond acceptors (Lipinski definition) is 2. The van der Waals surface area contributed by atoms with E-state index in [0.29, 0.717) is 31.8 Å². The van der Waals surface area contributed by atoms with Crippen LogP contribution in [-0.4, -0.2) is 40.3 Å². The number of H-pyrrole nitrogens is 1. The Balaban J connectivity index is 1.68. The molecule has 4 rings (SSSR count). The highest BCUT2D eigenvalue weighted by atomic mass is 19.3. The molecule has 0 spiro atoms. The molecule has 0 unspecified atom stereocenters. The number of carbonyl (C=O) groups is 1. The van der Waals surface area contributed by atoms with Gasteiger partial charge in [-0.05, 0) is 73.9 Å². The van der Waals surface area contributed by atoms with Crippen LogP contribution in [0.1, 0.15) is 61.0 Å². The summed E-state index contributed by atoms with van der Waals surface area (Å²) < 4.78 is 25.4. The Kier molecular flexibility index (Phi) is 5.82. The first kappa shape index (κ1) is 21.5. The minimum absolute atomic E-state index is 0.273. The number of hydrogen-bond donors (Lipinski definition) is 1. The topological polar surface area (TPSA) is 49.0 Å². The molecule has 6 heteroatoms. The number of aryl methyl sites for hydroxylation is 2. The number of aromatic amines is 1. The number of halogens is 2. The monoisotopic (exact) mass is 425 g/mol. The molecule has 0 aliphatic carbocycles. The fourth-order valence-corrected chi connectivity index (χ4v) is 4.86. The summed E-state index contributed by atoms with van der Waals surface area (Å²) >= 11 is 0. The van der Waals surface area contributed by atoms with E-state index < -0.39 is 12.3 Å². The number of aromatic nitrogens is 2. The number of fused-ring (bicyclic) bond motifs is 1. The average molecular weight is 426 g/mol. The Morgan fingerprint density at radius 2 is 1.74 bits per heavy atom. The van der Waals surface area contributed by atoms with Gasteiger partial charge in [-0.25, -0.2) is 0 Å². The van der Waals surface area contributed by atoms with E-state index in [1.807, 2.05) is 13.8 Å². The van der Waals surface area contributed by atoms with E-state index in [4.69, 9.17) is 0 Å². The van der Waals surface area contributed by atoms with Crippen LogP contribution < -0.4 is 0 Å². The molecule has 0 saturated carbocycles. The van der Waals surface area contributed by atoms with Crippen LogP contribution in [0.4, 0.5) is 8.78 Å². The third-order valence-electron chi connectivity index (χ3n) is 6.28. The molecule has 3 heterocycles. The van der Waals surface area contributed by atoms with Crippen molar-refractivity contribution in [3.05, 3.63) is 52.8 Å². The van der Waals surface area contributed by atoms with Crippen LogP contribution in [0.15, 0.2) is 30.3 Å². The first-order valence-electron chi connectivity index (χ1n) is 10.9. The van der Waals surface area contributed by atoms with Crippen LogP contribution in [0, 0.1) is 13.8 Å². The fraction of sp³-hybridized carbons (Fsp3) is 0.440. The maximum absolute atomic E-state index is 12.7. The maximum Gasteiger partial charge on any atom is 0.315 e. The van der Waals surface area contributed by atoms with Crippen molar-refractivity contribution < 1.29 is 13.6 Å². The van der Waals surface area contributed by atoms with Crippen molar-refractivity contribution in [3.8, 4) is 11.3 Å². The molecule has 0 radical (unpaired) electrons. The number of alkyl halides is 2. The summed E-state index contributed by atoms with van der Waals surface area (Å²) in [6.45, 7) is 9.20. The Morgan fingerprint density at radius 3 is 2.32 bits per heavy atom. The Labute approximate surface area is 181 Å². The van der Waals surface area contributed by atoms with Gasteiger partial charge in [0.25, 0.3) is 5.91 Å². The van der Waals surface area contributed by atoms with Crippen LogP contribution in [0.25, 0.3) is 22.2 Å². The predicted molar refractivity (Wildman–Crippen MR) is 120 cm³/mol. The zero-order valence-corrected chi connectivity index (χ0v) is 18.5. The number of rotatable bonds is 4.